The molecule has 3 heteroatoms. The fourth-order valence-electron chi connectivity index (χ4n) is 1.21. The van der Waals surface area contributed by atoms with Gasteiger partial charge in [0.05, 0.1) is 12.1 Å². The highest BCUT2D eigenvalue weighted by Crippen LogP contribution is 2.19. The lowest BCUT2D eigenvalue weighted by atomic mass is 9.91. The van der Waals surface area contributed by atoms with Crippen LogP contribution in [0.25, 0.3) is 0 Å². The van der Waals surface area contributed by atoms with Crippen LogP contribution in [0.3, 0.4) is 0 Å². The van der Waals surface area contributed by atoms with Gasteiger partial charge in [0.1, 0.15) is 0 Å². The second-order valence-corrected chi connectivity index (χ2v) is 4.57. The molecule has 1 N–H and O–H groups in total. The first-order chi connectivity index (χ1) is 7.45. The molecule has 0 aromatic carbocycles. The molecule has 1 aromatic rings. The number of rotatable bonds is 2. The van der Waals surface area contributed by atoms with Crippen molar-refractivity contribution in [1.82, 2.24) is 10.3 Å². The molecular weight excluding hydrogens is 200 g/mol. The molecule has 1 amide bonds. The number of nitrogens with zero attached hydrogens (tertiary/aromatic N) is 1. The van der Waals surface area contributed by atoms with Crippen molar-refractivity contribution >= 4 is 5.91 Å². The summed E-state index contributed by atoms with van der Waals surface area (Å²) in [6.45, 7) is 6.47. The molecule has 1 heterocycles. The highest BCUT2D eigenvalue weighted by molar-refractivity contribution is 5.93. The molecule has 0 saturated carbocycles. The lowest BCUT2D eigenvalue weighted by molar-refractivity contribution is 0.0958. The maximum atomic E-state index is 11.5. The van der Waals surface area contributed by atoms with E-state index in [1.54, 1.807) is 12.3 Å². The standard InChI is InChI=1S/C13H16N2O/c1-5-8-14-12(16)10-6-7-11(15-9-10)13(2,3)4/h1,6-7,9H,8H2,2-4H3,(H,14,16). The Morgan fingerprint density at radius 1 is 1.50 bits per heavy atom. The molecular formula is C13H16N2O. The smallest absolute Gasteiger partial charge is 0.253 e. The van der Waals surface area contributed by atoms with Crippen molar-refractivity contribution in [2.75, 3.05) is 6.54 Å². The summed E-state index contributed by atoms with van der Waals surface area (Å²) in [7, 11) is 0. The number of hydrogen-bond acceptors (Lipinski definition) is 2. The predicted molar refractivity (Wildman–Crippen MR) is 64.1 cm³/mol. The molecule has 0 aliphatic rings. The number of hydrogen-bond donors (Lipinski definition) is 1. The van der Waals surface area contributed by atoms with Crippen LogP contribution in [0.15, 0.2) is 18.3 Å². The third kappa shape index (κ3) is 3.09. The Bertz CT molecular complexity index is 407. The van der Waals surface area contributed by atoms with E-state index in [-0.39, 0.29) is 17.9 Å². The molecule has 0 radical (unpaired) electrons. The van der Waals surface area contributed by atoms with Gasteiger partial charge in [-0.2, -0.15) is 0 Å². The highest BCUT2D eigenvalue weighted by atomic mass is 16.1. The molecule has 0 unspecified atom stereocenters. The van der Waals surface area contributed by atoms with Crippen LogP contribution in [0.2, 0.25) is 0 Å². The molecule has 84 valence electrons. The molecule has 0 saturated heterocycles. The zero-order valence-corrected chi connectivity index (χ0v) is 9.87. The fourth-order valence-corrected chi connectivity index (χ4v) is 1.21. The lowest BCUT2D eigenvalue weighted by Gasteiger charge is -2.17. The molecule has 0 aliphatic carbocycles. The van der Waals surface area contributed by atoms with Crippen molar-refractivity contribution in [3.63, 3.8) is 0 Å². The maximum Gasteiger partial charge on any atom is 0.253 e. The van der Waals surface area contributed by atoms with Gasteiger partial charge >= 0.3 is 0 Å². The van der Waals surface area contributed by atoms with Crippen molar-refractivity contribution in [3.8, 4) is 12.3 Å². The third-order valence-electron chi connectivity index (χ3n) is 2.15. The average Bonchev–Trinajstić information content (AvgIpc) is 2.25. The van der Waals surface area contributed by atoms with Crippen LogP contribution >= 0.6 is 0 Å². The van der Waals surface area contributed by atoms with Crippen molar-refractivity contribution in [3.05, 3.63) is 29.6 Å². The second kappa shape index (κ2) is 4.80. The number of carbonyl (C=O) groups is 1. The van der Waals surface area contributed by atoms with E-state index in [1.807, 2.05) is 6.07 Å². The first-order valence-electron chi connectivity index (χ1n) is 5.13. The van der Waals surface area contributed by atoms with E-state index in [9.17, 15) is 4.79 Å². The Kier molecular flexibility index (Phi) is 3.68. The summed E-state index contributed by atoms with van der Waals surface area (Å²) in [6.07, 6.45) is 6.63. The molecule has 3 nitrogen and oxygen atoms in total. The van der Waals surface area contributed by atoms with Crippen molar-refractivity contribution in [1.29, 1.82) is 0 Å². The van der Waals surface area contributed by atoms with Gasteiger partial charge in [-0.25, -0.2) is 0 Å². The van der Waals surface area contributed by atoms with Gasteiger partial charge in [-0.1, -0.05) is 26.7 Å². The normalized spacial score (nSPS) is 10.6. The number of nitrogens with one attached hydrogen (secondary N) is 1. The average molecular weight is 216 g/mol. The minimum absolute atomic E-state index is 0.00613. The van der Waals surface area contributed by atoms with Crippen LogP contribution in [-0.4, -0.2) is 17.4 Å². The monoisotopic (exact) mass is 216 g/mol. The van der Waals surface area contributed by atoms with Gasteiger partial charge < -0.3 is 5.32 Å². The van der Waals surface area contributed by atoms with Crippen molar-refractivity contribution < 1.29 is 4.79 Å². The summed E-state index contributed by atoms with van der Waals surface area (Å²) in [5.41, 5.74) is 1.48. The van der Waals surface area contributed by atoms with Crippen LogP contribution in [0.1, 0.15) is 36.8 Å². The largest absolute Gasteiger partial charge is 0.341 e. The van der Waals surface area contributed by atoms with Crippen LogP contribution in [0.4, 0.5) is 0 Å². The van der Waals surface area contributed by atoms with Crippen molar-refractivity contribution in [2.45, 2.75) is 26.2 Å². The van der Waals surface area contributed by atoms with Crippen LogP contribution < -0.4 is 5.32 Å². The molecule has 0 aliphatic heterocycles. The Morgan fingerprint density at radius 2 is 2.19 bits per heavy atom. The van der Waals surface area contributed by atoms with Gasteiger partial charge in [-0.15, -0.1) is 6.42 Å². The van der Waals surface area contributed by atoms with Gasteiger partial charge in [0.15, 0.2) is 0 Å². The molecule has 1 rings (SSSR count). The van der Waals surface area contributed by atoms with Gasteiger partial charge in [0.2, 0.25) is 0 Å². The molecule has 16 heavy (non-hydrogen) atoms. The van der Waals surface area contributed by atoms with E-state index >= 15 is 0 Å². The molecule has 0 fully saturated rings. The number of aromatic nitrogens is 1. The fraction of sp³-hybridized carbons (Fsp3) is 0.385. The second-order valence-electron chi connectivity index (χ2n) is 4.57. The zero-order valence-electron chi connectivity index (χ0n) is 9.87. The maximum absolute atomic E-state index is 11.5. The Hall–Kier alpha value is -1.82. The van der Waals surface area contributed by atoms with Gasteiger partial charge in [-0.3, -0.25) is 9.78 Å². The van der Waals surface area contributed by atoms with E-state index in [0.29, 0.717) is 5.56 Å². The van der Waals surface area contributed by atoms with Crippen LogP contribution in [0, 0.1) is 12.3 Å². The summed E-state index contributed by atoms with van der Waals surface area (Å²) < 4.78 is 0. The summed E-state index contributed by atoms with van der Waals surface area (Å²) in [4.78, 5) is 15.8. The number of carbonyl (C=O) groups excluding carboxylic acids is 1. The molecule has 0 bridgehead atoms. The van der Waals surface area contributed by atoms with Gasteiger partial charge in [-0.05, 0) is 12.1 Å². The third-order valence-corrected chi connectivity index (χ3v) is 2.15. The van der Waals surface area contributed by atoms with Gasteiger partial charge in [0, 0.05) is 17.3 Å². The Balaban J connectivity index is 2.80. The van der Waals surface area contributed by atoms with E-state index in [2.05, 4.69) is 37.0 Å². The number of pyridine rings is 1. The number of amides is 1. The topological polar surface area (TPSA) is 42.0 Å². The Labute approximate surface area is 96.3 Å². The van der Waals surface area contributed by atoms with Crippen LogP contribution in [-0.2, 0) is 5.41 Å². The molecule has 0 spiro atoms. The lowest BCUT2D eigenvalue weighted by Crippen LogP contribution is -2.24. The van der Waals surface area contributed by atoms with Crippen molar-refractivity contribution in [2.24, 2.45) is 0 Å². The minimum atomic E-state index is -0.189. The van der Waals surface area contributed by atoms with E-state index in [0.717, 1.165) is 5.69 Å². The van der Waals surface area contributed by atoms with Gasteiger partial charge in [0.25, 0.3) is 5.91 Å². The highest BCUT2D eigenvalue weighted by Gasteiger charge is 2.15. The summed E-state index contributed by atoms with van der Waals surface area (Å²) in [5, 5.41) is 2.59. The predicted octanol–water partition coefficient (Wildman–Crippen LogP) is 1.74. The first-order valence-corrected chi connectivity index (χ1v) is 5.13. The minimum Gasteiger partial charge on any atom is -0.341 e. The van der Waals surface area contributed by atoms with E-state index in [1.165, 1.54) is 0 Å². The zero-order chi connectivity index (χ0) is 12.2. The summed E-state index contributed by atoms with van der Waals surface area (Å²) in [6, 6.07) is 3.63. The van der Waals surface area contributed by atoms with E-state index < -0.39 is 0 Å². The first kappa shape index (κ1) is 12.3. The SMILES string of the molecule is C#CCNC(=O)c1ccc(C(C)(C)C)nc1. The quantitative estimate of drug-likeness (QED) is 0.765. The Morgan fingerprint density at radius 3 is 2.62 bits per heavy atom. The number of terminal acetylenes is 1. The summed E-state index contributed by atoms with van der Waals surface area (Å²) >= 11 is 0. The summed E-state index contributed by atoms with van der Waals surface area (Å²) in [5.74, 6) is 2.16. The van der Waals surface area contributed by atoms with E-state index in [4.69, 9.17) is 6.42 Å². The molecule has 0 atom stereocenters. The van der Waals surface area contributed by atoms with Crippen LogP contribution in [0.5, 0.6) is 0 Å². The molecule has 1 aromatic heterocycles.